The van der Waals surface area contributed by atoms with E-state index in [-0.39, 0.29) is 11.9 Å². The van der Waals surface area contributed by atoms with E-state index < -0.39 is 0 Å². The molecule has 0 saturated heterocycles. The molecular weight excluding hydrogens is 287 g/mol. The Labute approximate surface area is 87.6 Å². The average Bonchev–Trinajstić information content (AvgIpc) is 2.41. The van der Waals surface area contributed by atoms with Gasteiger partial charge in [-0.3, -0.25) is 9.79 Å². The second-order valence-electron chi connectivity index (χ2n) is 2.46. The molecule has 0 aromatic heterocycles. The Morgan fingerprint density at radius 1 is 1.67 bits per heavy atom. The smallest absolute Gasteiger partial charge is 0.270 e. The van der Waals surface area contributed by atoms with Gasteiger partial charge in [-0.25, -0.2) is 4.99 Å². The summed E-state index contributed by atoms with van der Waals surface area (Å²) >= 11 is 3.75. The Morgan fingerprint density at radius 3 is 3.08 bits per heavy atom. The van der Waals surface area contributed by atoms with E-state index in [9.17, 15) is 4.79 Å². The first kappa shape index (κ1) is 8.43. The summed E-state index contributed by atoms with van der Waals surface area (Å²) < 4.78 is 1.03. The summed E-state index contributed by atoms with van der Waals surface area (Å²) in [5, 5.41) is 0.947. The fourth-order valence-electron chi connectivity index (χ4n) is 1.08. The molecule has 2 aliphatic rings. The number of halogens is 1. The van der Waals surface area contributed by atoms with Gasteiger partial charge in [-0.1, -0.05) is 11.8 Å². The summed E-state index contributed by atoms with van der Waals surface area (Å²) in [6.45, 7) is 1.91. The number of hydrogen-bond acceptors (Lipinski definition) is 3. The molecule has 5 heteroatoms. The van der Waals surface area contributed by atoms with E-state index >= 15 is 0 Å². The normalized spacial score (nSPS) is 27.7. The second-order valence-corrected chi connectivity index (χ2v) is 4.86. The van der Waals surface area contributed by atoms with E-state index in [0.29, 0.717) is 0 Å². The summed E-state index contributed by atoms with van der Waals surface area (Å²) in [7, 11) is 0. The highest BCUT2D eigenvalue weighted by atomic mass is 127. The fraction of sp³-hybridized carbons (Fsp3) is 0.286. The minimum Gasteiger partial charge on any atom is -0.270 e. The van der Waals surface area contributed by atoms with Gasteiger partial charge in [0.05, 0.1) is 5.04 Å². The van der Waals surface area contributed by atoms with E-state index in [2.05, 4.69) is 32.6 Å². The third-order valence-corrected chi connectivity index (χ3v) is 3.88. The van der Waals surface area contributed by atoms with E-state index in [1.54, 1.807) is 18.0 Å². The van der Waals surface area contributed by atoms with Crippen LogP contribution in [0.15, 0.2) is 18.5 Å². The first-order valence-corrected chi connectivity index (χ1v) is 5.28. The molecule has 1 amide bonds. The molecule has 0 aliphatic carbocycles. The van der Waals surface area contributed by atoms with Crippen LogP contribution in [-0.2, 0) is 4.79 Å². The van der Waals surface area contributed by atoms with Crippen molar-refractivity contribution >= 4 is 51.5 Å². The van der Waals surface area contributed by atoms with Crippen molar-refractivity contribution in [3.8, 4) is 0 Å². The number of carbonyl (C=O) groups is 1. The maximum Gasteiger partial charge on any atom is 0.275 e. The molecule has 0 N–H and O–H groups in total. The Kier molecular flexibility index (Phi) is 2.07. The number of carbonyl (C=O) groups excluding carboxylic acids is 1. The zero-order valence-corrected chi connectivity index (χ0v) is 9.22. The SMILES string of the molecule is CC1=NC2C(=O)N=CC(I)=C2S1. The average molecular weight is 292 g/mol. The molecule has 0 aromatic rings. The van der Waals surface area contributed by atoms with Crippen molar-refractivity contribution in [3.05, 3.63) is 8.48 Å². The summed E-state index contributed by atoms with van der Waals surface area (Å²) in [6, 6.07) is -0.327. The number of thioether (sulfide) groups is 1. The van der Waals surface area contributed by atoms with Crippen molar-refractivity contribution < 1.29 is 4.79 Å². The van der Waals surface area contributed by atoms with Gasteiger partial charge in [0.15, 0.2) is 6.04 Å². The number of fused-ring (bicyclic) bond motifs is 1. The molecule has 2 aliphatic heterocycles. The third kappa shape index (κ3) is 1.24. The minimum absolute atomic E-state index is 0.144. The maximum atomic E-state index is 11.2. The topological polar surface area (TPSA) is 41.8 Å². The molecule has 12 heavy (non-hydrogen) atoms. The van der Waals surface area contributed by atoms with E-state index in [4.69, 9.17) is 0 Å². The number of aliphatic imine (C=N–C) groups is 2. The van der Waals surface area contributed by atoms with Gasteiger partial charge in [-0.15, -0.1) is 0 Å². The quantitative estimate of drug-likeness (QED) is 0.639. The van der Waals surface area contributed by atoms with Crippen molar-refractivity contribution in [2.45, 2.75) is 13.0 Å². The number of nitrogens with zero attached hydrogens (tertiary/aromatic N) is 2. The van der Waals surface area contributed by atoms with E-state index in [0.717, 1.165) is 13.5 Å². The molecule has 3 nitrogen and oxygen atoms in total. The molecular formula is C7H5IN2OS. The van der Waals surface area contributed by atoms with Gasteiger partial charge >= 0.3 is 0 Å². The van der Waals surface area contributed by atoms with Crippen LogP contribution in [0.4, 0.5) is 0 Å². The van der Waals surface area contributed by atoms with Crippen LogP contribution in [0.3, 0.4) is 0 Å². The van der Waals surface area contributed by atoms with Crippen LogP contribution in [-0.4, -0.2) is 23.2 Å². The second kappa shape index (κ2) is 2.95. The van der Waals surface area contributed by atoms with E-state index in [1.807, 2.05) is 6.92 Å². The maximum absolute atomic E-state index is 11.2. The molecule has 0 bridgehead atoms. The highest BCUT2D eigenvalue weighted by Crippen LogP contribution is 2.37. The predicted molar refractivity (Wildman–Crippen MR) is 59.0 cm³/mol. The standard InChI is InChI=1S/C7H5IN2OS/c1-3-10-5-6(12-3)4(8)2-9-7(5)11/h2,5H,1H3. The van der Waals surface area contributed by atoms with Gasteiger partial charge in [0.1, 0.15) is 0 Å². The van der Waals surface area contributed by atoms with Crippen LogP contribution >= 0.6 is 34.4 Å². The Morgan fingerprint density at radius 2 is 2.42 bits per heavy atom. The van der Waals surface area contributed by atoms with E-state index in [1.165, 1.54) is 0 Å². The van der Waals surface area contributed by atoms with Gasteiger partial charge in [0.25, 0.3) is 5.91 Å². The van der Waals surface area contributed by atoms with Gasteiger partial charge in [0.2, 0.25) is 0 Å². The van der Waals surface area contributed by atoms with Gasteiger partial charge in [0, 0.05) is 14.7 Å². The summed E-state index contributed by atoms with van der Waals surface area (Å²) in [5.41, 5.74) is 0. The van der Waals surface area contributed by atoms with Crippen LogP contribution in [0.2, 0.25) is 0 Å². The Balaban J connectivity index is 2.46. The zero-order valence-electron chi connectivity index (χ0n) is 6.24. The number of rotatable bonds is 0. The first-order chi connectivity index (χ1) is 5.68. The van der Waals surface area contributed by atoms with Crippen LogP contribution < -0.4 is 0 Å². The lowest BCUT2D eigenvalue weighted by Crippen LogP contribution is -2.19. The van der Waals surface area contributed by atoms with Gasteiger partial charge in [-0.05, 0) is 29.5 Å². The third-order valence-electron chi connectivity index (χ3n) is 1.59. The van der Waals surface area contributed by atoms with Crippen LogP contribution in [0.25, 0.3) is 0 Å². The Hall–Kier alpha value is -0.170. The number of hydrogen-bond donors (Lipinski definition) is 0. The zero-order chi connectivity index (χ0) is 8.72. The minimum atomic E-state index is -0.327. The molecule has 0 spiro atoms. The molecule has 0 fully saturated rings. The Bertz CT molecular complexity index is 345. The van der Waals surface area contributed by atoms with Crippen molar-refractivity contribution in [1.82, 2.24) is 0 Å². The molecule has 2 rings (SSSR count). The lowest BCUT2D eigenvalue weighted by molar-refractivity contribution is -0.118. The van der Waals surface area contributed by atoms with Gasteiger partial charge < -0.3 is 0 Å². The van der Waals surface area contributed by atoms with Crippen molar-refractivity contribution in [2.24, 2.45) is 9.98 Å². The molecule has 1 atom stereocenters. The lowest BCUT2D eigenvalue weighted by Gasteiger charge is -2.09. The van der Waals surface area contributed by atoms with Crippen molar-refractivity contribution in [2.75, 3.05) is 0 Å². The van der Waals surface area contributed by atoms with Gasteiger partial charge in [-0.2, -0.15) is 0 Å². The van der Waals surface area contributed by atoms with Crippen LogP contribution in [0.5, 0.6) is 0 Å². The summed E-state index contributed by atoms with van der Waals surface area (Å²) in [4.78, 5) is 20.2. The molecule has 0 radical (unpaired) electrons. The van der Waals surface area contributed by atoms with Crippen LogP contribution in [0, 0.1) is 0 Å². The molecule has 0 saturated carbocycles. The monoisotopic (exact) mass is 292 g/mol. The molecule has 1 unspecified atom stereocenters. The molecule has 2 heterocycles. The summed E-state index contributed by atoms with van der Waals surface area (Å²) in [5.74, 6) is -0.144. The fourth-order valence-corrected chi connectivity index (χ4v) is 2.74. The highest BCUT2D eigenvalue weighted by Gasteiger charge is 2.32. The van der Waals surface area contributed by atoms with Crippen molar-refractivity contribution in [1.29, 1.82) is 0 Å². The van der Waals surface area contributed by atoms with Crippen molar-refractivity contribution in [3.63, 3.8) is 0 Å². The predicted octanol–water partition coefficient (Wildman–Crippen LogP) is 1.78. The number of allylic oxidation sites excluding steroid dienone is 1. The highest BCUT2D eigenvalue weighted by molar-refractivity contribution is 14.1. The molecule has 0 aromatic carbocycles. The first-order valence-electron chi connectivity index (χ1n) is 3.38. The largest absolute Gasteiger partial charge is 0.275 e. The number of dihydropyridines is 1. The number of amides is 1. The summed E-state index contributed by atoms with van der Waals surface area (Å²) in [6.07, 6.45) is 1.61. The lowest BCUT2D eigenvalue weighted by atomic mass is 10.2. The van der Waals surface area contributed by atoms with Crippen LogP contribution in [0.1, 0.15) is 6.92 Å². The molecule has 62 valence electrons.